The Hall–Kier alpha value is -1.16. The third-order valence-corrected chi connectivity index (χ3v) is 4.11. The molecule has 4 heteroatoms. The minimum absolute atomic E-state index is 0.278. The number of hydrogen-bond donors (Lipinski definition) is 2. The number of aliphatic hydroxyl groups excluding tert-OH is 1. The molecule has 2 N–H and O–H groups in total. The standard InChI is InChI=1S/C16H27N3O/c1-11(2)13-9-14(19-15(18-13)12(3)4)17-10-16(5-6-16)7-8-20/h9,11-12,20H,5-8,10H2,1-4H3,(H,17,18,19). The van der Waals surface area contributed by atoms with E-state index in [1.54, 1.807) is 0 Å². The summed E-state index contributed by atoms with van der Waals surface area (Å²) >= 11 is 0. The Morgan fingerprint density at radius 1 is 1.20 bits per heavy atom. The lowest BCUT2D eigenvalue weighted by atomic mass is 10.0. The van der Waals surface area contributed by atoms with Crippen molar-refractivity contribution in [1.82, 2.24) is 9.97 Å². The summed E-state index contributed by atoms with van der Waals surface area (Å²) in [4.78, 5) is 9.26. The van der Waals surface area contributed by atoms with Gasteiger partial charge in [-0.1, -0.05) is 27.7 Å². The van der Waals surface area contributed by atoms with E-state index in [2.05, 4.69) is 49.0 Å². The lowest BCUT2D eigenvalue weighted by molar-refractivity contribution is 0.253. The van der Waals surface area contributed by atoms with Gasteiger partial charge in [-0.3, -0.25) is 0 Å². The molecule has 0 amide bonds. The number of aliphatic hydroxyl groups is 1. The second kappa shape index (κ2) is 6.08. The number of aromatic nitrogens is 2. The molecule has 1 fully saturated rings. The minimum Gasteiger partial charge on any atom is -0.396 e. The molecule has 1 saturated carbocycles. The second-order valence-electron chi connectivity index (χ2n) is 6.67. The van der Waals surface area contributed by atoms with Gasteiger partial charge in [0, 0.05) is 30.8 Å². The van der Waals surface area contributed by atoms with Crippen molar-refractivity contribution in [1.29, 1.82) is 0 Å². The van der Waals surface area contributed by atoms with E-state index in [1.807, 2.05) is 0 Å². The third-order valence-electron chi connectivity index (χ3n) is 4.11. The highest BCUT2D eigenvalue weighted by molar-refractivity contribution is 5.38. The van der Waals surface area contributed by atoms with Crippen molar-refractivity contribution in [2.75, 3.05) is 18.5 Å². The predicted octanol–water partition coefficient (Wildman–Crippen LogP) is 3.30. The zero-order valence-corrected chi connectivity index (χ0v) is 13.1. The summed E-state index contributed by atoms with van der Waals surface area (Å²) < 4.78 is 0. The van der Waals surface area contributed by atoms with Gasteiger partial charge >= 0.3 is 0 Å². The van der Waals surface area contributed by atoms with Gasteiger partial charge < -0.3 is 10.4 Å². The van der Waals surface area contributed by atoms with Crippen LogP contribution in [-0.4, -0.2) is 28.2 Å². The van der Waals surface area contributed by atoms with Gasteiger partial charge in [-0.2, -0.15) is 0 Å². The number of anilines is 1. The molecular formula is C16H27N3O. The number of nitrogens with one attached hydrogen (secondary N) is 1. The fourth-order valence-corrected chi connectivity index (χ4v) is 2.34. The molecule has 1 aliphatic rings. The maximum Gasteiger partial charge on any atom is 0.133 e. The minimum atomic E-state index is 0.278. The molecule has 1 aromatic heterocycles. The number of nitrogens with zero attached hydrogens (tertiary/aromatic N) is 2. The fourth-order valence-electron chi connectivity index (χ4n) is 2.34. The highest BCUT2D eigenvalue weighted by Crippen LogP contribution is 2.48. The van der Waals surface area contributed by atoms with E-state index in [9.17, 15) is 0 Å². The Bertz CT molecular complexity index is 427. The Balaban J connectivity index is 2.10. The smallest absolute Gasteiger partial charge is 0.133 e. The van der Waals surface area contributed by atoms with Gasteiger partial charge in [0.2, 0.25) is 0 Å². The van der Waals surface area contributed by atoms with Crippen molar-refractivity contribution < 1.29 is 5.11 Å². The van der Waals surface area contributed by atoms with Crippen LogP contribution < -0.4 is 5.32 Å². The Labute approximate surface area is 122 Å². The van der Waals surface area contributed by atoms with Gasteiger partial charge in [-0.15, -0.1) is 0 Å². The molecule has 1 aromatic rings. The van der Waals surface area contributed by atoms with Gasteiger partial charge in [-0.05, 0) is 30.6 Å². The lowest BCUT2D eigenvalue weighted by Crippen LogP contribution is -2.18. The van der Waals surface area contributed by atoms with Crippen LogP contribution in [0.5, 0.6) is 0 Å². The van der Waals surface area contributed by atoms with Crippen molar-refractivity contribution in [3.8, 4) is 0 Å². The van der Waals surface area contributed by atoms with Crippen molar-refractivity contribution >= 4 is 5.82 Å². The molecule has 1 aliphatic carbocycles. The molecule has 0 atom stereocenters. The Morgan fingerprint density at radius 2 is 1.90 bits per heavy atom. The SMILES string of the molecule is CC(C)c1cc(NCC2(CCO)CC2)nc(C(C)C)n1. The maximum atomic E-state index is 9.12. The fraction of sp³-hybridized carbons (Fsp3) is 0.750. The molecular weight excluding hydrogens is 250 g/mol. The van der Waals surface area contributed by atoms with E-state index in [-0.39, 0.29) is 6.61 Å². The van der Waals surface area contributed by atoms with Crippen molar-refractivity contribution in [3.05, 3.63) is 17.6 Å². The Morgan fingerprint density at radius 3 is 2.40 bits per heavy atom. The van der Waals surface area contributed by atoms with Crippen LogP contribution in [0.25, 0.3) is 0 Å². The first kappa shape index (κ1) is 15.2. The molecule has 0 unspecified atom stereocenters. The molecule has 0 saturated heterocycles. The van der Waals surface area contributed by atoms with Crippen molar-refractivity contribution in [2.45, 2.75) is 58.8 Å². The molecule has 0 spiro atoms. The van der Waals surface area contributed by atoms with Crippen LogP contribution in [-0.2, 0) is 0 Å². The summed E-state index contributed by atoms with van der Waals surface area (Å²) in [5.41, 5.74) is 1.40. The molecule has 0 radical (unpaired) electrons. The van der Waals surface area contributed by atoms with Crippen LogP contribution in [0.4, 0.5) is 5.82 Å². The predicted molar refractivity (Wildman–Crippen MR) is 82.1 cm³/mol. The highest BCUT2D eigenvalue weighted by Gasteiger charge is 2.41. The molecule has 112 valence electrons. The molecule has 1 heterocycles. The van der Waals surface area contributed by atoms with E-state index in [0.29, 0.717) is 17.3 Å². The lowest BCUT2D eigenvalue weighted by Gasteiger charge is -2.17. The summed E-state index contributed by atoms with van der Waals surface area (Å²) in [7, 11) is 0. The summed E-state index contributed by atoms with van der Waals surface area (Å²) in [5, 5.41) is 12.6. The van der Waals surface area contributed by atoms with E-state index >= 15 is 0 Å². The molecule has 0 aromatic carbocycles. The van der Waals surface area contributed by atoms with Gasteiger partial charge in [0.05, 0.1) is 0 Å². The first-order valence-electron chi connectivity index (χ1n) is 7.69. The van der Waals surface area contributed by atoms with Gasteiger partial charge in [0.1, 0.15) is 11.6 Å². The largest absolute Gasteiger partial charge is 0.396 e. The second-order valence-corrected chi connectivity index (χ2v) is 6.67. The van der Waals surface area contributed by atoms with Crippen molar-refractivity contribution in [3.63, 3.8) is 0 Å². The van der Waals surface area contributed by atoms with E-state index in [1.165, 1.54) is 12.8 Å². The summed E-state index contributed by atoms with van der Waals surface area (Å²) in [5.74, 6) is 2.58. The zero-order valence-electron chi connectivity index (χ0n) is 13.1. The third kappa shape index (κ3) is 3.69. The number of rotatable bonds is 7. The maximum absolute atomic E-state index is 9.12. The van der Waals surface area contributed by atoms with Crippen LogP contribution in [0.1, 0.15) is 70.3 Å². The monoisotopic (exact) mass is 277 g/mol. The van der Waals surface area contributed by atoms with Crippen LogP contribution in [0.3, 0.4) is 0 Å². The summed E-state index contributed by atoms with van der Waals surface area (Å²) in [6, 6.07) is 2.06. The molecule has 0 aliphatic heterocycles. The average Bonchev–Trinajstić information content (AvgIpc) is 3.17. The van der Waals surface area contributed by atoms with Gasteiger partial charge in [-0.25, -0.2) is 9.97 Å². The van der Waals surface area contributed by atoms with Crippen LogP contribution in [0, 0.1) is 5.41 Å². The Kier molecular flexibility index (Phi) is 4.63. The van der Waals surface area contributed by atoms with Gasteiger partial charge in [0.25, 0.3) is 0 Å². The molecule has 4 nitrogen and oxygen atoms in total. The first-order valence-corrected chi connectivity index (χ1v) is 7.69. The van der Waals surface area contributed by atoms with Crippen LogP contribution in [0.2, 0.25) is 0 Å². The normalized spacial score (nSPS) is 16.8. The topological polar surface area (TPSA) is 58.0 Å². The quantitative estimate of drug-likeness (QED) is 0.803. The average molecular weight is 277 g/mol. The highest BCUT2D eigenvalue weighted by atomic mass is 16.3. The first-order chi connectivity index (χ1) is 9.46. The van der Waals surface area contributed by atoms with Gasteiger partial charge in [0.15, 0.2) is 0 Å². The molecule has 20 heavy (non-hydrogen) atoms. The summed E-state index contributed by atoms with van der Waals surface area (Å²) in [6.07, 6.45) is 3.30. The van der Waals surface area contributed by atoms with Crippen LogP contribution in [0.15, 0.2) is 6.07 Å². The summed E-state index contributed by atoms with van der Waals surface area (Å²) in [6.45, 7) is 9.74. The molecule has 0 bridgehead atoms. The van der Waals surface area contributed by atoms with Crippen LogP contribution >= 0.6 is 0 Å². The molecule has 2 rings (SSSR count). The number of hydrogen-bond acceptors (Lipinski definition) is 4. The van der Waals surface area contributed by atoms with E-state index < -0.39 is 0 Å². The van der Waals surface area contributed by atoms with Crippen molar-refractivity contribution in [2.24, 2.45) is 5.41 Å². The van der Waals surface area contributed by atoms with E-state index in [4.69, 9.17) is 5.11 Å². The van der Waals surface area contributed by atoms with E-state index in [0.717, 1.165) is 30.3 Å². The zero-order chi connectivity index (χ0) is 14.8.